The smallest absolute Gasteiger partial charge is 0.319 e. The largest absolute Gasteiger partial charge is 0.508 e. The minimum Gasteiger partial charge on any atom is -0.508 e. The molecule has 4 aliphatic rings. The number of hydrogen-bond acceptors (Lipinski definition) is 8. The Labute approximate surface area is 309 Å². The van der Waals surface area contributed by atoms with Crippen molar-refractivity contribution in [1.29, 1.82) is 0 Å². The number of pyridine rings is 1. The van der Waals surface area contributed by atoms with E-state index >= 15 is 8.78 Å². The number of hydrogen-bond donors (Lipinski definition) is 2. The van der Waals surface area contributed by atoms with Crippen LogP contribution in [0.4, 0.5) is 19.0 Å². The van der Waals surface area contributed by atoms with E-state index in [0.717, 1.165) is 48.7 Å². The summed E-state index contributed by atoms with van der Waals surface area (Å²) in [5, 5.41) is 16.6. The van der Waals surface area contributed by atoms with Crippen LogP contribution in [0.1, 0.15) is 37.7 Å². The van der Waals surface area contributed by atoms with Crippen LogP contribution in [0.3, 0.4) is 0 Å². The molecule has 2 bridgehead atoms. The van der Waals surface area contributed by atoms with Crippen molar-refractivity contribution < 1.29 is 23.0 Å². The highest BCUT2D eigenvalue weighted by Gasteiger charge is 2.49. The number of halogens is 3. The molecule has 12 heteroatoms. The van der Waals surface area contributed by atoms with Crippen LogP contribution < -0.4 is 15.0 Å². The number of phenolic OH excluding ortho intramolecular Hbond substituents is 1. The number of benzene rings is 3. The number of phenols is 1. The average Bonchev–Trinajstić information content (AvgIpc) is 3.92. The van der Waals surface area contributed by atoms with Gasteiger partial charge >= 0.3 is 6.01 Å². The third-order valence-electron chi connectivity index (χ3n) is 12.1. The molecule has 10 rings (SSSR count). The Morgan fingerprint density at radius 2 is 1.83 bits per heavy atom. The van der Waals surface area contributed by atoms with E-state index in [1.165, 1.54) is 24.3 Å². The first-order chi connectivity index (χ1) is 26.2. The summed E-state index contributed by atoms with van der Waals surface area (Å²) >= 11 is 0. The van der Waals surface area contributed by atoms with Crippen molar-refractivity contribution in [3.63, 3.8) is 0 Å². The average molecular weight is 730 g/mol. The Balaban J connectivity index is 1.26. The Morgan fingerprint density at radius 3 is 2.65 bits per heavy atom. The lowest BCUT2D eigenvalue weighted by molar-refractivity contribution is 0.107. The number of anilines is 1. The molecule has 4 saturated heterocycles. The van der Waals surface area contributed by atoms with E-state index in [1.54, 1.807) is 0 Å². The van der Waals surface area contributed by atoms with E-state index in [2.05, 4.69) is 21.0 Å². The molecule has 54 heavy (non-hydrogen) atoms. The molecule has 0 unspecified atom stereocenters. The summed E-state index contributed by atoms with van der Waals surface area (Å²) in [7, 11) is 1.96. The van der Waals surface area contributed by atoms with E-state index in [4.69, 9.17) is 26.1 Å². The fourth-order valence-corrected chi connectivity index (χ4v) is 9.68. The second kappa shape index (κ2) is 12.3. The van der Waals surface area contributed by atoms with Crippen LogP contribution in [0.2, 0.25) is 0 Å². The Hall–Kier alpha value is -5.38. The maximum absolute atomic E-state index is 17.7. The van der Waals surface area contributed by atoms with Crippen molar-refractivity contribution in [3.05, 3.63) is 71.9 Å². The molecule has 2 N–H and O–H groups in total. The Bertz CT molecular complexity index is 2560. The zero-order valence-corrected chi connectivity index (χ0v) is 29.7. The molecule has 6 aromatic rings. The van der Waals surface area contributed by atoms with Crippen molar-refractivity contribution >= 4 is 38.4 Å². The predicted octanol–water partition coefficient (Wildman–Crippen LogP) is 6.86. The molecule has 0 radical (unpaired) electrons. The highest BCUT2D eigenvalue weighted by molar-refractivity contribution is 6.10. The number of piperazine rings is 1. The highest BCUT2D eigenvalue weighted by atomic mass is 19.1. The number of aromatic hydroxyl groups is 1. The molecule has 4 fully saturated rings. The number of fused-ring (bicyclic) bond motifs is 6. The molecule has 9 nitrogen and oxygen atoms in total. The van der Waals surface area contributed by atoms with E-state index in [9.17, 15) is 9.50 Å². The van der Waals surface area contributed by atoms with Crippen LogP contribution in [0.5, 0.6) is 11.8 Å². The number of rotatable bonds is 6. The highest BCUT2D eigenvalue weighted by Crippen LogP contribution is 2.45. The van der Waals surface area contributed by atoms with Gasteiger partial charge in [0.05, 0.1) is 22.2 Å². The van der Waals surface area contributed by atoms with Gasteiger partial charge in [0.1, 0.15) is 41.4 Å². The number of aryl methyl sites for hydroxylation is 1. The second-order valence-electron chi connectivity index (χ2n) is 15.4. The maximum atomic E-state index is 17.7. The number of terminal acetylenes is 1. The Morgan fingerprint density at radius 1 is 1.00 bits per heavy atom. The van der Waals surface area contributed by atoms with Crippen LogP contribution >= 0.6 is 0 Å². The van der Waals surface area contributed by atoms with Gasteiger partial charge in [0.25, 0.3) is 0 Å². The number of nitrogens with one attached hydrogen (secondary N) is 1. The van der Waals surface area contributed by atoms with E-state index < -0.39 is 23.3 Å². The molecular weight excluding hydrogens is 692 g/mol. The molecule has 3 aromatic carbocycles. The van der Waals surface area contributed by atoms with E-state index in [0.29, 0.717) is 48.3 Å². The standard InChI is InChI=1S/C42H38F3N7O2/c1-3-28-32(44)11-8-23-16-27(53)17-31(34(23)28)38-36(45)39-35(37(47-38)30-6-4-7-33-29(30)12-15-50(33)2)40(51-20-25-9-10-26(21-51)46-25)49-41(48-39)54-22-42-13-5-14-52(42)19-24(43)18-42/h1,4,6-8,11-12,15-17,24-26,46,53H,5,9-10,13-14,18-22H2,2H3/t24-,25-,26+,42+/m1/s1. The van der Waals surface area contributed by atoms with Gasteiger partial charge in [-0.25, -0.2) is 18.2 Å². The van der Waals surface area contributed by atoms with Gasteiger partial charge in [0, 0.05) is 78.8 Å². The lowest BCUT2D eigenvalue weighted by Crippen LogP contribution is -2.51. The number of ether oxygens (including phenoxy) is 1. The number of alkyl halides is 1. The van der Waals surface area contributed by atoms with Gasteiger partial charge in [-0.3, -0.25) is 4.90 Å². The van der Waals surface area contributed by atoms with Gasteiger partial charge in [-0.2, -0.15) is 9.97 Å². The Kier molecular flexibility index (Phi) is 7.58. The molecule has 4 aliphatic heterocycles. The summed E-state index contributed by atoms with van der Waals surface area (Å²) in [5.41, 5.74) is 1.50. The first-order valence-corrected chi connectivity index (χ1v) is 18.6. The van der Waals surface area contributed by atoms with Gasteiger partial charge in [0.15, 0.2) is 5.82 Å². The van der Waals surface area contributed by atoms with E-state index in [-0.39, 0.29) is 58.2 Å². The third kappa shape index (κ3) is 5.12. The summed E-state index contributed by atoms with van der Waals surface area (Å²) < 4.78 is 56.2. The fraction of sp³-hybridized carbons (Fsp3) is 0.357. The lowest BCUT2D eigenvalue weighted by Gasteiger charge is -2.35. The molecule has 0 saturated carbocycles. The van der Waals surface area contributed by atoms with Crippen molar-refractivity contribution in [2.75, 3.05) is 37.7 Å². The van der Waals surface area contributed by atoms with Gasteiger partial charge in [-0.05, 0) is 67.9 Å². The van der Waals surface area contributed by atoms with Crippen molar-refractivity contribution in [2.45, 2.75) is 55.9 Å². The maximum Gasteiger partial charge on any atom is 0.319 e. The van der Waals surface area contributed by atoms with Gasteiger partial charge < -0.3 is 24.6 Å². The lowest BCUT2D eigenvalue weighted by atomic mass is 9.94. The zero-order valence-electron chi connectivity index (χ0n) is 29.7. The minimum atomic E-state index is -0.942. The minimum absolute atomic E-state index is 0.0112. The summed E-state index contributed by atoms with van der Waals surface area (Å²) in [6.45, 7) is 2.62. The number of aromatic nitrogens is 4. The first-order valence-electron chi connectivity index (χ1n) is 18.6. The third-order valence-corrected chi connectivity index (χ3v) is 12.1. The van der Waals surface area contributed by atoms with Crippen LogP contribution in [0.15, 0.2) is 54.7 Å². The quantitative estimate of drug-likeness (QED) is 0.180. The van der Waals surface area contributed by atoms with E-state index in [1.807, 2.05) is 42.1 Å². The SMILES string of the molecule is C#Cc1c(F)ccc2cc(O)cc(-c3nc(-c4cccc5c4ccn5C)c4c(N5C[C@H]6CC[C@@H](C5)N6)nc(OC[C@@]56CCCN5C[C@H](F)C6)nc4c3F)c12. The van der Waals surface area contributed by atoms with Crippen LogP contribution in [-0.4, -0.2) is 86.1 Å². The summed E-state index contributed by atoms with van der Waals surface area (Å²) in [6.07, 6.45) is 11.0. The van der Waals surface area contributed by atoms with Crippen molar-refractivity contribution in [1.82, 2.24) is 29.7 Å². The first kappa shape index (κ1) is 33.2. The monoisotopic (exact) mass is 729 g/mol. The molecule has 7 heterocycles. The molecule has 0 aliphatic carbocycles. The molecule has 274 valence electrons. The topological polar surface area (TPSA) is 91.6 Å². The van der Waals surface area contributed by atoms with Crippen LogP contribution in [0, 0.1) is 24.0 Å². The normalized spacial score (nSPS) is 23.8. The zero-order chi connectivity index (χ0) is 36.9. The molecular formula is C42H38F3N7O2. The van der Waals surface area contributed by atoms with Gasteiger partial charge in [0.2, 0.25) is 0 Å². The summed E-state index contributed by atoms with van der Waals surface area (Å²) in [6, 6.07) is 13.9. The van der Waals surface area contributed by atoms with Gasteiger partial charge in [-0.15, -0.1) is 6.42 Å². The van der Waals surface area contributed by atoms with Crippen LogP contribution in [0.25, 0.3) is 55.1 Å². The van der Waals surface area contributed by atoms with Gasteiger partial charge in [-0.1, -0.05) is 24.1 Å². The second-order valence-corrected chi connectivity index (χ2v) is 15.4. The molecule has 4 atom stereocenters. The number of nitrogens with zero attached hydrogens (tertiary/aromatic N) is 6. The van der Waals surface area contributed by atoms with Crippen molar-refractivity contribution in [3.8, 4) is 46.6 Å². The molecule has 0 spiro atoms. The van der Waals surface area contributed by atoms with Crippen molar-refractivity contribution in [2.24, 2.45) is 7.05 Å². The predicted molar refractivity (Wildman–Crippen MR) is 202 cm³/mol. The fourth-order valence-electron chi connectivity index (χ4n) is 9.68. The molecule has 0 amide bonds. The van der Waals surface area contributed by atoms with Crippen LogP contribution in [-0.2, 0) is 7.05 Å². The summed E-state index contributed by atoms with van der Waals surface area (Å²) in [4.78, 5) is 19.3. The molecule has 3 aromatic heterocycles. The summed E-state index contributed by atoms with van der Waals surface area (Å²) in [5.74, 6) is 1.34.